The number of ether oxygens (including phenoxy) is 1. The number of nitrogens with zero attached hydrogens (tertiary/aromatic N) is 1. The third-order valence-electron chi connectivity index (χ3n) is 3.73. The second-order valence-corrected chi connectivity index (χ2v) is 4.99. The van der Waals surface area contributed by atoms with Gasteiger partial charge in [0.1, 0.15) is 17.9 Å². The third-order valence-corrected chi connectivity index (χ3v) is 3.73. The summed E-state index contributed by atoms with van der Waals surface area (Å²) >= 11 is 0. The summed E-state index contributed by atoms with van der Waals surface area (Å²) in [7, 11) is 0. The average molecular weight is 279 g/mol. The molecule has 1 aliphatic rings. The number of carboxylic acids is 1. The summed E-state index contributed by atoms with van der Waals surface area (Å²) in [6.45, 7) is 1.93. The van der Waals surface area contributed by atoms with Gasteiger partial charge in [-0.1, -0.05) is 18.6 Å². The van der Waals surface area contributed by atoms with Crippen molar-refractivity contribution in [1.82, 2.24) is 4.90 Å². The third kappa shape index (κ3) is 3.71. The lowest BCUT2D eigenvalue weighted by Crippen LogP contribution is -2.43. The van der Waals surface area contributed by atoms with E-state index >= 15 is 0 Å². The van der Waals surface area contributed by atoms with E-state index < -0.39 is 5.97 Å². The van der Waals surface area contributed by atoms with Crippen molar-refractivity contribution in [3.63, 3.8) is 0 Å². The van der Waals surface area contributed by atoms with Gasteiger partial charge < -0.3 is 14.9 Å². The van der Waals surface area contributed by atoms with Crippen LogP contribution in [0, 0.1) is 0 Å². The van der Waals surface area contributed by atoms with Gasteiger partial charge >= 0.3 is 5.97 Å². The Morgan fingerprint density at radius 3 is 2.65 bits per heavy atom. The van der Waals surface area contributed by atoms with Crippen LogP contribution in [0.1, 0.15) is 29.6 Å². The van der Waals surface area contributed by atoms with Gasteiger partial charge in [0.2, 0.25) is 0 Å². The topological polar surface area (TPSA) is 70.0 Å². The molecular weight excluding hydrogens is 258 g/mol. The van der Waals surface area contributed by atoms with Crippen molar-refractivity contribution in [2.45, 2.75) is 25.3 Å². The molecule has 0 atom stereocenters. The maximum Gasteiger partial charge on any atom is 0.339 e. The van der Waals surface area contributed by atoms with Crippen molar-refractivity contribution in [3.05, 3.63) is 29.8 Å². The summed E-state index contributed by atoms with van der Waals surface area (Å²) in [4.78, 5) is 13.3. The van der Waals surface area contributed by atoms with Crippen LogP contribution in [0.4, 0.5) is 0 Å². The zero-order valence-corrected chi connectivity index (χ0v) is 11.5. The zero-order chi connectivity index (χ0) is 14.4. The molecule has 1 aliphatic carbocycles. The van der Waals surface area contributed by atoms with Gasteiger partial charge in [0, 0.05) is 19.1 Å². The van der Waals surface area contributed by atoms with Crippen LogP contribution in [0.15, 0.2) is 24.3 Å². The molecule has 0 bridgehead atoms. The molecule has 0 aromatic heterocycles. The van der Waals surface area contributed by atoms with E-state index in [1.165, 1.54) is 25.3 Å². The molecule has 0 saturated heterocycles. The second-order valence-electron chi connectivity index (χ2n) is 4.99. The molecule has 0 unspecified atom stereocenters. The van der Waals surface area contributed by atoms with E-state index in [0.717, 1.165) is 0 Å². The minimum atomic E-state index is -0.980. The minimum absolute atomic E-state index is 0.141. The van der Waals surface area contributed by atoms with Crippen LogP contribution < -0.4 is 4.74 Å². The normalized spacial score (nSPS) is 15.1. The number of aliphatic hydroxyl groups is 1. The summed E-state index contributed by atoms with van der Waals surface area (Å²) in [6.07, 6.45) is 3.59. The van der Waals surface area contributed by atoms with Crippen molar-refractivity contribution in [2.75, 3.05) is 26.3 Å². The van der Waals surface area contributed by atoms with Gasteiger partial charge in [0.25, 0.3) is 0 Å². The van der Waals surface area contributed by atoms with Gasteiger partial charge in [-0.2, -0.15) is 0 Å². The highest BCUT2D eigenvalue weighted by atomic mass is 16.5. The lowest BCUT2D eigenvalue weighted by Gasteiger charge is -2.37. The summed E-state index contributed by atoms with van der Waals surface area (Å²) in [5.74, 6) is -0.579. The highest BCUT2D eigenvalue weighted by Crippen LogP contribution is 2.24. The zero-order valence-electron chi connectivity index (χ0n) is 11.5. The number of rotatable bonds is 8. The number of carbonyl (C=O) groups is 1. The first kappa shape index (κ1) is 14.8. The first-order valence-electron chi connectivity index (χ1n) is 7.02. The van der Waals surface area contributed by atoms with E-state index in [9.17, 15) is 4.79 Å². The highest BCUT2D eigenvalue weighted by molar-refractivity contribution is 5.90. The Bertz CT molecular complexity index is 445. The first-order valence-corrected chi connectivity index (χ1v) is 7.02. The van der Waals surface area contributed by atoms with Gasteiger partial charge in [0.15, 0.2) is 0 Å². The predicted molar refractivity (Wildman–Crippen MR) is 75.2 cm³/mol. The molecule has 1 fully saturated rings. The van der Waals surface area contributed by atoms with Gasteiger partial charge in [-0.15, -0.1) is 0 Å². The van der Waals surface area contributed by atoms with Crippen molar-refractivity contribution in [3.8, 4) is 5.75 Å². The Balaban J connectivity index is 1.86. The molecule has 0 spiro atoms. The van der Waals surface area contributed by atoms with E-state index in [1.54, 1.807) is 18.2 Å². The fraction of sp³-hybridized carbons (Fsp3) is 0.533. The number of benzene rings is 1. The molecule has 0 heterocycles. The van der Waals surface area contributed by atoms with Crippen molar-refractivity contribution in [2.24, 2.45) is 0 Å². The van der Waals surface area contributed by atoms with Gasteiger partial charge in [-0.3, -0.25) is 4.90 Å². The second kappa shape index (κ2) is 7.26. The molecule has 0 radical (unpaired) electrons. The standard InChI is InChI=1S/C15H21NO4/c17-10-8-16(12-4-3-5-12)9-11-20-14-7-2-1-6-13(14)15(18)19/h1-2,6-7,12,17H,3-5,8-11H2,(H,18,19). The number of hydrogen-bond acceptors (Lipinski definition) is 4. The molecule has 1 saturated carbocycles. The van der Waals surface area contributed by atoms with Gasteiger partial charge in [0.05, 0.1) is 6.61 Å². The van der Waals surface area contributed by atoms with E-state index in [1.807, 2.05) is 0 Å². The molecule has 2 rings (SSSR count). The summed E-state index contributed by atoms with van der Waals surface area (Å²) in [5, 5.41) is 18.1. The molecule has 2 N–H and O–H groups in total. The van der Waals surface area contributed by atoms with Crippen LogP contribution in [0.3, 0.4) is 0 Å². The fourth-order valence-electron chi connectivity index (χ4n) is 2.40. The Labute approximate surface area is 118 Å². The molecule has 5 nitrogen and oxygen atoms in total. The van der Waals surface area contributed by atoms with Crippen molar-refractivity contribution in [1.29, 1.82) is 0 Å². The lowest BCUT2D eigenvalue weighted by atomic mass is 9.91. The lowest BCUT2D eigenvalue weighted by molar-refractivity contribution is 0.0686. The van der Waals surface area contributed by atoms with E-state index in [2.05, 4.69) is 4.90 Å². The quantitative estimate of drug-likeness (QED) is 0.756. The summed E-state index contributed by atoms with van der Waals surface area (Å²) < 4.78 is 5.59. The maximum atomic E-state index is 11.1. The van der Waals surface area contributed by atoms with Crippen LogP contribution in [0.25, 0.3) is 0 Å². The average Bonchev–Trinajstić information content (AvgIpc) is 2.37. The predicted octanol–water partition coefficient (Wildman–Crippen LogP) is 1.61. The summed E-state index contributed by atoms with van der Waals surface area (Å²) in [5.41, 5.74) is 0.185. The Hall–Kier alpha value is -1.59. The van der Waals surface area contributed by atoms with Crippen molar-refractivity contribution >= 4 is 5.97 Å². The van der Waals surface area contributed by atoms with Crippen LogP contribution >= 0.6 is 0 Å². The molecular formula is C15H21NO4. The van der Waals surface area contributed by atoms with Crippen LogP contribution in [-0.2, 0) is 0 Å². The maximum absolute atomic E-state index is 11.1. The van der Waals surface area contributed by atoms with Crippen molar-refractivity contribution < 1.29 is 19.7 Å². The monoisotopic (exact) mass is 279 g/mol. The van der Waals surface area contributed by atoms with Crippen LogP contribution in [-0.4, -0.2) is 53.4 Å². The molecule has 20 heavy (non-hydrogen) atoms. The number of para-hydroxylation sites is 1. The Morgan fingerprint density at radius 1 is 1.30 bits per heavy atom. The SMILES string of the molecule is O=C(O)c1ccccc1OCCN(CCO)C1CCC1. The van der Waals surface area contributed by atoms with E-state index in [-0.39, 0.29) is 12.2 Å². The minimum Gasteiger partial charge on any atom is -0.491 e. The number of aliphatic hydroxyl groups excluding tert-OH is 1. The van der Waals surface area contributed by atoms with Crippen LogP contribution in [0.5, 0.6) is 5.75 Å². The van der Waals surface area contributed by atoms with Gasteiger partial charge in [-0.05, 0) is 25.0 Å². The smallest absolute Gasteiger partial charge is 0.339 e. The molecule has 1 aromatic carbocycles. The number of aromatic carboxylic acids is 1. The molecule has 0 aliphatic heterocycles. The molecule has 5 heteroatoms. The molecule has 1 aromatic rings. The van der Waals surface area contributed by atoms with E-state index in [4.69, 9.17) is 14.9 Å². The van der Waals surface area contributed by atoms with Gasteiger partial charge in [-0.25, -0.2) is 4.79 Å². The fourth-order valence-corrected chi connectivity index (χ4v) is 2.40. The van der Waals surface area contributed by atoms with E-state index in [0.29, 0.717) is 31.5 Å². The number of hydrogen-bond donors (Lipinski definition) is 2. The number of carboxylic acid groups (broad SMARTS) is 1. The molecule has 0 amide bonds. The highest BCUT2D eigenvalue weighted by Gasteiger charge is 2.24. The largest absolute Gasteiger partial charge is 0.491 e. The summed E-state index contributed by atoms with van der Waals surface area (Å²) in [6, 6.07) is 7.20. The Kier molecular flexibility index (Phi) is 5.38. The molecule has 110 valence electrons. The first-order chi connectivity index (χ1) is 9.72. The Morgan fingerprint density at radius 2 is 2.05 bits per heavy atom. The van der Waals surface area contributed by atoms with Crippen LogP contribution in [0.2, 0.25) is 0 Å².